The van der Waals surface area contributed by atoms with Crippen LogP contribution >= 0.6 is 0 Å². The van der Waals surface area contributed by atoms with Gasteiger partial charge >= 0.3 is 20.1 Å². The third-order valence-electron chi connectivity index (χ3n) is 9.41. The number of benzene rings is 3. The fourth-order valence-electron chi connectivity index (χ4n) is 6.15. The number of aromatic nitrogens is 3. The van der Waals surface area contributed by atoms with Gasteiger partial charge in [0.1, 0.15) is 0 Å². The molecule has 3 heterocycles. The molecule has 55 heavy (non-hydrogen) atoms. The molecule has 0 radical (unpaired) electrons. The summed E-state index contributed by atoms with van der Waals surface area (Å²) in [6, 6.07) is 47.2. The van der Waals surface area contributed by atoms with Crippen molar-refractivity contribution in [3.8, 4) is 33.8 Å². The smallest absolute Gasteiger partial charge is 0.305 e. The molecular weight excluding hydrogens is 847 g/mol. The Kier molecular flexibility index (Phi) is 23.2. The average molecular weight is 907 g/mol. The van der Waals surface area contributed by atoms with E-state index in [-0.39, 0.29) is 20.1 Å². The molecule has 6 aromatic rings. The monoisotopic (exact) mass is 907 g/mol. The topological polar surface area (TPSA) is 38.7 Å². The summed E-state index contributed by atoms with van der Waals surface area (Å²) in [5.74, 6) is 0. The van der Waals surface area contributed by atoms with E-state index in [0.717, 1.165) is 33.8 Å². The maximum absolute atomic E-state index is 4.33. The van der Waals surface area contributed by atoms with Crippen LogP contribution in [0.2, 0.25) is 0 Å². The zero-order valence-electron chi connectivity index (χ0n) is 33.4. The van der Waals surface area contributed by atoms with E-state index in [1.165, 1.54) is 113 Å². The van der Waals surface area contributed by atoms with Gasteiger partial charge in [-0.25, -0.2) is 0 Å². The van der Waals surface area contributed by atoms with Gasteiger partial charge in [-0.15, -0.1) is 106 Å². The molecule has 3 aromatic carbocycles. The second-order valence-electron chi connectivity index (χ2n) is 13.9. The molecule has 0 N–H and O–H groups in total. The van der Waals surface area contributed by atoms with Crippen LogP contribution in [0.25, 0.3) is 33.8 Å². The summed E-state index contributed by atoms with van der Waals surface area (Å²) in [4.78, 5) is 13.0. The Bertz CT molecular complexity index is 1560. The summed E-state index contributed by atoms with van der Waals surface area (Å²) in [7, 11) is 0. The van der Waals surface area contributed by atoms with E-state index in [4.69, 9.17) is 0 Å². The minimum Gasteiger partial charge on any atom is -0.305 e. The maximum atomic E-state index is 4.33. The van der Waals surface area contributed by atoms with Crippen LogP contribution in [-0.2, 0) is 39.4 Å². The van der Waals surface area contributed by atoms with Gasteiger partial charge in [-0.1, -0.05) is 153 Å². The molecule has 0 unspecified atom stereocenters. The van der Waals surface area contributed by atoms with Crippen molar-refractivity contribution < 1.29 is 20.1 Å². The quantitative estimate of drug-likeness (QED) is 0.0637. The number of aryl methyl sites for hydroxylation is 3. The van der Waals surface area contributed by atoms with Gasteiger partial charge in [0.15, 0.2) is 0 Å². The van der Waals surface area contributed by atoms with Gasteiger partial charge < -0.3 is 15.0 Å². The van der Waals surface area contributed by atoms with Crippen LogP contribution in [0.5, 0.6) is 0 Å². The Hall–Kier alpha value is -4.24. The van der Waals surface area contributed by atoms with Gasteiger partial charge in [0, 0.05) is 18.6 Å². The third-order valence-corrected chi connectivity index (χ3v) is 9.41. The zero-order valence-corrected chi connectivity index (χ0v) is 35.8. The molecule has 6 rings (SSSR count). The standard InChI is InChI=1S/3C17H20N.Ir/c3*1-2-3-4-5-8-15-10-12-16(13-11-15)17-9-6-7-14-18-17;/h3*6-7,9-12,14H,2-5,8H2,1H3;/q3*-1;+3. The van der Waals surface area contributed by atoms with Crippen molar-refractivity contribution in [1.29, 1.82) is 0 Å². The number of unbranched alkanes of at least 4 members (excludes halogenated alkanes) is 9. The van der Waals surface area contributed by atoms with Crippen LogP contribution in [0, 0.1) is 18.2 Å². The summed E-state index contributed by atoms with van der Waals surface area (Å²) in [5.41, 5.74) is 10.4. The number of rotatable bonds is 18. The van der Waals surface area contributed by atoms with Gasteiger partial charge in [-0.2, -0.15) is 0 Å². The Balaban J connectivity index is 0.000000220. The van der Waals surface area contributed by atoms with Gasteiger partial charge in [0.25, 0.3) is 0 Å². The molecule has 3 nitrogen and oxygen atoms in total. The second-order valence-corrected chi connectivity index (χ2v) is 13.9. The summed E-state index contributed by atoms with van der Waals surface area (Å²) in [5, 5.41) is 0. The first-order chi connectivity index (χ1) is 26.7. The minimum atomic E-state index is 0. The van der Waals surface area contributed by atoms with E-state index >= 15 is 0 Å². The normalized spacial score (nSPS) is 10.3. The largest absolute Gasteiger partial charge is 3.00 e. The first-order valence-corrected chi connectivity index (χ1v) is 20.5. The Labute approximate surface area is 346 Å². The van der Waals surface area contributed by atoms with Crippen LogP contribution in [-0.4, -0.2) is 15.0 Å². The van der Waals surface area contributed by atoms with E-state index in [1.54, 1.807) is 0 Å². The first kappa shape index (κ1) is 45.2. The molecule has 0 aliphatic rings. The van der Waals surface area contributed by atoms with Gasteiger partial charge in [0.05, 0.1) is 0 Å². The predicted molar refractivity (Wildman–Crippen MR) is 229 cm³/mol. The molecule has 0 aliphatic carbocycles. The molecule has 0 amide bonds. The Morgan fingerprint density at radius 3 is 0.891 bits per heavy atom. The van der Waals surface area contributed by atoms with E-state index in [9.17, 15) is 0 Å². The first-order valence-electron chi connectivity index (χ1n) is 20.5. The van der Waals surface area contributed by atoms with Crippen molar-refractivity contribution in [2.24, 2.45) is 0 Å². The number of hydrogen-bond donors (Lipinski definition) is 0. The van der Waals surface area contributed by atoms with Gasteiger partial charge in [-0.05, 0) is 35.3 Å². The number of pyridine rings is 3. The summed E-state index contributed by atoms with van der Waals surface area (Å²) >= 11 is 0. The van der Waals surface area contributed by atoms with Gasteiger partial charge in [-0.3, -0.25) is 0 Å². The maximum Gasteiger partial charge on any atom is 3.00 e. The van der Waals surface area contributed by atoms with E-state index in [0.29, 0.717) is 0 Å². The molecule has 288 valence electrons. The molecule has 0 bridgehead atoms. The van der Waals surface area contributed by atoms with Crippen molar-refractivity contribution in [2.75, 3.05) is 0 Å². The van der Waals surface area contributed by atoms with Crippen LogP contribution in [0.4, 0.5) is 0 Å². The van der Waals surface area contributed by atoms with Gasteiger partial charge in [0.2, 0.25) is 0 Å². The summed E-state index contributed by atoms with van der Waals surface area (Å²) in [6.45, 7) is 6.74. The fraction of sp³-hybridized carbons (Fsp3) is 0.353. The predicted octanol–water partition coefficient (Wildman–Crippen LogP) is 14.0. The molecule has 4 heteroatoms. The van der Waals surface area contributed by atoms with Crippen LogP contribution in [0.1, 0.15) is 115 Å². The van der Waals surface area contributed by atoms with Crippen LogP contribution < -0.4 is 0 Å². The Morgan fingerprint density at radius 1 is 0.364 bits per heavy atom. The van der Waals surface area contributed by atoms with Crippen molar-refractivity contribution in [1.82, 2.24) is 15.0 Å². The fourth-order valence-corrected chi connectivity index (χ4v) is 6.15. The molecule has 0 saturated heterocycles. The summed E-state index contributed by atoms with van der Waals surface area (Å²) in [6.07, 6.45) is 24.7. The van der Waals surface area contributed by atoms with E-state index < -0.39 is 0 Å². The number of hydrogen-bond acceptors (Lipinski definition) is 3. The molecule has 0 aliphatic heterocycles. The zero-order chi connectivity index (χ0) is 37.9. The molecule has 0 saturated carbocycles. The number of nitrogens with zero attached hydrogens (tertiary/aromatic N) is 3. The van der Waals surface area contributed by atoms with Crippen molar-refractivity contribution in [3.63, 3.8) is 0 Å². The van der Waals surface area contributed by atoms with Crippen molar-refractivity contribution in [2.45, 2.75) is 117 Å². The SMILES string of the molecule is CCCCCCc1c[c-]c(-c2ccccn2)cc1.CCCCCCc1c[c-]c(-c2ccccn2)cc1.CCCCCCc1c[c-]c(-c2ccccn2)cc1.[Ir+3]. The molecular formula is C51H60IrN3. The molecule has 0 fully saturated rings. The van der Waals surface area contributed by atoms with E-state index in [2.05, 4.69) is 109 Å². The van der Waals surface area contributed by atoms with Crippen molar-refractivity contribution >= 4 is 0 Å². The van der Waals surface area contributed by atoms with Crippen molar-refractivity contribution in [3.05, 3.63) is 163 Å². The summed E-state index contributed by atoms with van der Waals surface area (Å²) < 4.78 is 0. The molecule has 0 atom stereocenters. The molecule has 0 spiro atoms. The van der Waals surface area contributed by atoms with Crippen LogP contribution in [0.3, 0.4) is 0 Å². The third kappa shape index (κ3) is 17.8. The Morgan fingerprint density at radius 2 is 0.673 bits per heavy atom. The molecule has 3 aromatic heterocycles. The van der Waals surface area contributed by atoms with E-state index in [1.807, 2.05) is 73.2 Å². The minimum absolute atomic E-state index is 0. The van der Waals surface area contributed by atoms with Crippen LogP contribution in [0.15, 0.2) is 128 Å². The second kappa shape index (κ2) is 28.2. The average Bonchev–Trinajstić information content (AvgIpc) is 3.25.